The second-order valence-corrected chi connectivity index (χ2v) is 4.27. The molecule has 0 saturated heterocycles. The highest BCUT2D eigenvalue weighted by Gasteiger charge is 2.07. The molecule has 0 saturated carbocycles. The SMILES string of the molecule is CCCCOc1ccccc1-c1cnns1. The van der Waals surface area contributed by atoms with Gasteiger partial charge in [-0.3, -0.25) is 0 Å². The van der Waals surface area contributed by atoms with Crippen molar-refractivity contribution < 1.29 is 4.74 Å². The molecule has 0 amide bonds. The Labute approximate surface area is 99.3 Å². The van der Waals surface area contributed by atoms with Crippen molar-refractivity contribution in [1.82, 2.24) is 9.59 Å². The first-order chi connectivity index (χ1) is 7.92. The van der Waals surface area contributed by atoms with Gasteiger partial charge in [0.2, 0.25) is 0 Å². The van der Waals surface area contributed by atoms with Crippen molar-refractivity contribution in [3.05, 3.63) is 30.5 Å². The Bertz CT molecular complexity index is 428. The van der Waals surface area contributed by atoms with Crippen molar-refractivity contribution in [3.63, 3.8) is 0 Å². The average molecular weight is 234 g/mol. The topological polar surface area (TPSA) is 35.0 Å². The Morgan fingerprint density at radius 2 is 2.19 bits per heavy atom. The molecular formula is C12H14N2OS. The van der Waals surface area contributed by atoms with Crippen LogP contribution in [0.25, 0.3) is 10.4 Å². The van der Waals surface area contributed by atoms with Gasteiger partial charge in [0.05, 0.1) is 17.7 Å². The molecule has 2 rings (SSSR count). The molecule has 0 N–H and O–H groups in total. The van der Waals surface area contributed by atoms with Gasteiger partial charge in [-0.15, -0.1) is 5.10 Å². The third-order valence-corrected chi connectivity index (χ3v) is 2.97. The summed E-state index contributed by atoms with van der Waals surface area (Å²) in [7, 11) is 0. The van der Waals surface area contributed by atoms with E-state index in [0.29, 0.717) is 0 Å². The average Bonchev–Trinajstić information content (AvgIpc) is 2.83. The molecule has 0 aliphatic carbocycles. The maximum Gasteiger partial charge on any atom is 0.128 e. The smallest absolute Gasteiger partial charge is 0.128 e. The fourth-order valence-corrected chi connectivity index (χ4v) is 1.95. The Balaban J connectivity index is 2.18. The van der Waals surface area contributed by atoms with E-state index in [1.54, 1.807) is 6.20 Å². The van der Waals surface area contributed by atoms with Crippen LogP contribution in [0.4, 0.5) is 0 Å². The van der Waals surface area contributed by atoms with Gasteiger partial charge in [0, 0.05) is 5.56 Å². The third kappa shape index (κ3) is 2.58. The number of benzene rings is 1. The minimum Gasteiger partial charge on any atom is -0.493 e. The number of hydrogen-bond donors (Lipinski definition) is 0. The predicted octanol–water partition coefficient (Wildman–Crippen LogP) is 3.38. The molecule has 2 aromatic rings. The summed E-state index contributed by atoms with van der Waals surface area (Å²) in [4.78, 5) is 1.05. The highest BCUT2D eigenvalue weighted by atomic mass is 32.1. The van der Waals surface area contributed by atoms with E-state index in [1.165, 1.54) is 11.5 Å². The lowest BCUT2D eigenvalue weighted by atomic mass is 10.2. The highest BCUT2D eigenvalue weighted by Crippen LogP contribution is 2.31. The van der Waals surface area contributed by atoms with Crippen molar-refractivity contribution >= 4 is 11.5 Å². The van der Waals surface area contributed by atoms with Crippen LogP contribution in [0, 0.1) is 0 Å². The van der Waals surface area contributed by atoms with Gasteiger partial charge in [0.15, 0.2) is 0 Å². The summed E-state index contributed by atoms with van der Waals surface area (Å²) in [6, 6.07) is 8.02. The van der Waals surface area contributed by atoms with Crippen molar-refractivity contribution in [2.45, 2.75) is 19.8 Å². The van der Waals surface area contributed by atoms with Crippen LogP contribution in [0.2, 0.25) is 0 Å². The summed E-state index contributed by atoms with van der Waals surface area (Å²) in [6.07, 6.45) is 3.99. The predicted molar refractivity (Wildman–Crippen MR) is 65.7 cm³/mol. The summed E-state index contributed by atoms with van der Waals surface area (Å²) in [5.74, 6) is 0.919. The van der Waals surface area contributed by atoms with E-state index in [2.05, 4.69) is 16.5 Å². The molecule has 84 valence electrons. The van der Waals surface area contributed by atoms with Crippen LogP contribution >= 0.6 is 11.5 Å². The van der Waals surface area contributed by atoms with Crippen LogP contribution in [0.1, 0.15) is 19.8 Å². The molecule has 0 aliphatic rings. The molecule has 0 bridgehead atoms. The molecular weight excluding hydrogens is 220 g/mol. The fourth-order valence-electron chi connectivity index (χ4n) is 1.41. The van der Waals surface area contributed by atoms with Crippen molar-refractivity contribution in [2.75, 3.05) is 6.61 Å². The zero-order chi connectivity index (χ0) is 11.2. The molecule has 3 nitrogen and oxygen atoms in total. The van der Waals surface area contributed by atoms with Crippen molar-refractivity contribution in [3.8, 4) is 16.2 Å². The van der Waals surface area contributed by atoms with E-state index in [-0.39, 0.29) is 0 Å². The van der Waals surface area contributed by atoms with Gasteiger partial charge in [0.1, 0.15) is 5.75 Å². The Hall–Kier alpha value is -1.42. The Kier molecular flexibility index (Phi) is 3.88. The zero-order valence-corrected chi connectivity index (χ0v) is 10.0. The molecule has 1 aromatic carbocycles. The number of para-hydroxylation sites is 1. The molecule has 1 heterocycles. The maximum absolute atomic E-state index is 5.75. The molecule has 0 fully saturated rings. The monoisotopic (exact) mass is 234 g/mol. The van der Waals surface area contributed by atoms with E-state index in [1.807, 2.05) is 24.3 Å². The summed E-state index contributed by atoms with van der Waals surface area (Å²) in [5, 5.41) is 3.85. The molecule has 0 aliphatic heterocycles. The molecule has 0 unspecified atom stereocenters. The Morgan fingerprint density at radius 3 is 2.94 bits per heavy atom. The summed E-state index contributed by atoms with van der Waals surface area (Å²) >= 11 is 1.39. The van der Waals surface area contributed by atoms with Crippen molar-refractivity contribution in [2.24, 2.45) is 0 Å². The first-order valence-electron chi connectivity index (χ1n) is 5.41. The molecule has 16 heavy (non-hydrogen) atoms. The van der Waals surface area contributed by atoms with E-state index in [9.17, 15) is 0 Å². The lowest BCUT2D eigenvalue weighted by Crippen LogP contribution is -1.97. The zero-order valence-electron chi connectivity index (χ0n) is 9.22. The van der Waals surface area contributed by atoms with Gasteiger partial charge in [-0.25, -0.2) is 0 Å². The Morgan fingerprint density at radius 1 is 1.31 bits per heavy atom. The lowest BCUT2D eigenvalue weighted by Gasteiger charge is -2.08. The first-order valence-corrected chi connectivity index (χ1v) is 6.18. The van der Waals surface area contributed by atoms with E-state index in [0.717, 1.165) is 35.6 Å². The second kappa shape index (κ2) is 5.61. The lowest BCUT2D eigenvalue weighted by molar-refractivity contribution is 0.310. The van der Waals surface area contributed by atoms with Crippen LogP contribution in [0.15, 0.2) is 30.5 Å². The normalized spacial score (nSPS) is 10.3. The number of nitrogens with zero attached hydrogens (tertiary/aromatic N) is 2. The summed E-state index contributed by atoms with van der Waals surface area (Å²) < 4.78 is 9.62. The molecule has 4 heteroatoms. The van der Waals surface area contributed by atoms with E-state index >= 15 is 0 Å². The minimum absolute atomic E-state index is 0.764. The third-order valence-electron chi connectivity index (χ3n) is 2.27. The van der Waals surface area contributed by atoms with Gasteiger partial charge >= 0.3 is 0 Å². The highest BCUT2D eigenvalue weighted by molar-refractivity contribution is 7.09. The number of rotatable bonds is 5. The van der Waals surface area contributed by atoms with Crippen LogP contribution < -0.4 is 4.74 Å². The summed E-state index contributed by atoms with van der Waals surface area (Å²) in [5.41, 5.74) is 1.08. The molecule has 0 spiro atoms. The standard InChI is InChI=1S/C12H14N2OS/c1-2-3-8-15-11-7-5-4-6-10(11)12-9-13-14-16-12/h4-7,9H,2-3,8H2,1H3. The van der Waals surface area contributed by atoms with E-state index in [4.69, 9.17) is 4.74 Å². The van der Waals surface area contributed by atoms with Gasteiger partial charge in [0.25, 0.3) is 0 Å². The first kappa shape index (κ1) is 11.1. The largest absolute Gasteiger partial charge is 0.493 e. The van der Waals surface area contributed by atoms with Gasteiger partial charge in [-0.1, -0.05) is 30.0 Å². The van der Waals surface area contributed by atoms with Crippen LogP contribution in [-0.4, -0.2) is 16.2 Å². The number of ether oxygens (including phenoxy) is 1. The molecule has 1 aromatic heterocycles. The van der Waals surface area contributed by atoms with Gasteiger partial charge < -0.3 is 4.74 Å². The van der Waals surface area contributed by atoms with Crippen LogP contribution in [0.5, 0.6) is 5.75 Å². The maximum atomic E-state index is 5.75. The van der Waals surface area contributed by atoms with Gasteiger partial charge in [-0.05, 0) is 30.1 Å². The number of aromatic nitrogens is 2. The van der Waals surface area contributed by atoms with Crippen LogP contribution in [0.3, 0.4) is 0 Å². The summed E-state index contributed by atoms with van der Waals surface area (Å²) in [6.45, 7) is 2.92. The number of hydrogen-bond acceptors (Lipinski definition) is 4. The second-order valence-electron chi connectivity index (χ2n) is 3.48. The van der Waals surface area contributed by atoms with E-state index < -0.39 is 0 Å². The fraction of sp³-hybridized carbons (Fsp3) is 0.333. The molecule has 0 radical (unpaired) electrons. The molecule has 0 atom stereocenters. The van der Waals surface area contributed by atoms with Crippen LogP contribution in [-0.2, 0) is 0 Å². The minimum atomic E-state index is 0.764. The quantitative estimate of drug-likeness (QED) is 0.744. The number of unbranched alkanes of at least 4 members (excludes halogenated alkanes) is 1. The van der Waals surface area contributed by atoms with Gasteiger partial charge in [-0.2, -0.15) is 0 Å². The van der Waals surface area contributed by atoms with Crippen molar-refractivity contribution in [1.29, 1.82) is 0 Å².